The maximum absolute atomic E-state index is 13.0. The van der Waals surface area contributed by atoms with Crippen molar-refractivity contribution < 1.29 is 12.8 Å². The van der Waals surface area contributed by atoms with Crippen LogP contribution in [0.1, 0.15) is 17.5 Å². The monoisotopic (exact) mass is 377 g/mol. The van der Waals surface area contributed by atoms with Crippen molar-refractivity contribution in [3.8, 4) is 11.3 Å². The highest BCUT2D eigenvalue weighted by Crippen LogP contribution is 2.22. The Bertz CT molecular complexity index is 970. The first kappa shape index (κ1) is 17.7. The number of thiophene rings is 1. The van der Waals surface area contributed by atoms with Gasteiger partial charge >= 0.3 is 0 Å². The second kappa shape index (κ2) is 7.38. The first-order valence-electron chi connectivity index (χ1n) is 7.63. The number of halogens is 1. The van der Waals surface area contributed by atoms with Gasteiger partial charge in [-0.25, -0.2) is 27.5 Å². The van der Waals surface area contributed by atoms with Gasteiger partial charge in [0.05, 0.1) is 17.9 Å². The Kier molecular flexibility index (Phi) is 5.22. The van der Waals surface area contributed by atoms with E-state index in [1.54, 1.807) is 24.3 Å². The Labute approximate surface area is 149 Å². The quantitative estimate of drug-likeness (QED) is 0.715. The molecule has 0 radical (unpaired) electrons. The third-order valence-corrected chi connectivity index (χ3v) is 6.68. The molecule has 2 aromatic heterocycles. The van der Waals surface area contributed by atoms with E-state index in [4.69, 9.17) is 0 Å². The first-order chi connectivity index (χ1) is 12.0. The predicted octanol–water partition coefficient (Wildman–Crippen LogP) is 3.39. The molecule has 0 spiro atoms. The summed E-state index contributed by atoms with van der Waals surface area (Å²) >= 11 is 1.26. The summed E-state index contributed by atoms with van der Waals surface area (Å²) in [6.45, 7) is 2.03. The highest BCUT2D eigenvalue weighted by Gasteiger charge is 2.16. The van der Waals surface area contributed by atoms with Crippen LogP contribution >= 0.6 is 11.3 Å². The molecule has 0 bridgehead atoms. The average Bonchev–Trinajstić information content (AvgIpc) is 3.11. The van der Waals surface area contributed by atoms with Crippen LogP contribution < -0.4 is 4.72 Å². The zero-order chi connectivity index (χ0) is 17.9. The van der Waals surface area contributed by atoms with Crippen molar-refractivity contribution in [2.45, 2.75) is 24.1 Å². The average molecular weight is 377 g/mol. The molecule has 0 aliphatic heterocycles. The molecule has 3 aromatic rings. The van der Waals surface area contributed by atoms with E-state index in [0.717, 1.165) is 16.9 Å². The molecule has 1 N–H and O–H groups in total. The van der Waals surface area contributed by atoms with Crippen LogP contribution in [-0.2, 0) is 23.0 Å². The lowest BCUT2D eigenvalue weighted by Gasteiger charge is -2.06. The Morgan fingerprint density at radius 2 is 1.88 bits per heavy atom. The molecule has 0 aliphatic carbocycles. The van der Waals surface area contributed by atoms with Gasteiger partial charge in [0.25, 0.3) is 0 Å². The number of sulfonamides is 1. The summed E-state index contributed by atoms with van der Waals surface area (Å²) in [7, 11) is -3.57. The zero-order valence-electron chi connectivity index (χ0n) is 13.4. The summed E-state index contributed by atoms with van der Waals surface area (Å²) in [4.78, 5) is 9.25. The van der Waals surface area contributed by atoms with E-state index in [0.29, 0.717) is 11.4 Å². The number of rotatable bonds is 6. The predicted molar refractivity (Wildman–Crippen MR) is 95.1 cm³/mol. The normalized spacial score (nSPS) is 11.6. The van der Waals surface area contributed by atoms with Crippen molar-refractivity contribution in [2.75, 3.05) is 0 Å². The molecule has 0 saturated carbocycles. The number of hydrogen-bond acceptors (Lipinski definition) is 5. The van der Waals surface area contributed by atoms with Crippen molar-refractivity contribution in [2.24, 2.45) is 0 Å². The summed E-state index contributed by atoms with van der Waals surface area (Å²) in [6, 6.07) is 11.0. The number of nitrogens with one attached hydrogen (secondary N) is 1. The second-order valence-electron chi connectivity index (χ2n) is 5.30. The van der Waals surface area contributed by atoms with Gasteiger partial charge in [-0.2, -0.15) is 0 Å². The standard InChI is InChI=1S/C17H16FN3O2S2/c1-2-15-7-8-17(24-15)25(22,23)21-10-14-9-16(20-11-19-14)12-3-5-13(18)6-4-12/h3-9,11,21H,2,10H2,1H3. The summed E-state index contributed by atoms with van der Waals surface area (Å²) in [5.41, 5.74) is 1.87. The van der Waals surface area contributed by atoms with Crippen molar-refractivity contribution in [3.63, 3.8) is 0 Å². The summed E-state index contributed by atoms with van der Waals surface area (Å²) in [6.07, 6.45) is 2.16. The highest BCUT2D eigenvalue weighted by molar-refractivity contribution is 7.91. The number of nitrogens with zero attached hydrogens (tertiary/aromatic N) is 2. The van der Waals surface area contributed by atoms with Gasteiger partial charge in [0.1, 0.15) is 16.4 Å². The molecule has 25 heavy (non-hydrogen) atoms. The molecule has 3 rings (SSSR count). The molecule has 5 nitrogen and oxygen atoms in total. The Morgan fingerprint density at radius 3 is 2.56 bits per heavy atom. The molecule has 8 heteroatoms. The molecule has 0 atom stereocenters. The van der Waals surface area contributed by atoms with E-state index in [9.17, 15) is 12.8 Å². The summed E-state index contributed by atoms with van der Waals surface area (Å²) < 4.78 is 40.5. The maximum Gasteiger partial charge on any atom is 0.250 e. The molecule has 0 unspecified atom stereocenters. The Morgan fingerprint density at radius 1 is 1.12 bits per heavy atom. The highest BCUT2D eigenvalue weighted by atomic mass is 32.2. The van der Waals surface area contributed by atoms with Crippen LogP contribution in [0.3, 0.4) is 0 Å². The fourth-order valence-electron chi connectivity index (χ4n) is 2.21. The van der Waals surface area contributed by atoms with Gasteiger partial charge in [-0.05, 0) is 48.9 Å². The molecule has 1 aromatic carbocycles. The molecular formula is C17H16FN3O2S2. The fourth-order valence-corrected chi connectivity index (χ4v) is 4.54. The lowest BCUT2D eigenvalue weighted by molar-refractivity contribution is 0.582. The largest absolute Gasteiger partial charge is 0.250 e. The van der Waals surface area contributed by atoms with Crippen LogP contribution in [0.4, 0.5) is 4.39 Å². The van der Waals surface area contributed by atoms with E-state index in [1.807, 2.05) is 13.0 Å². The van der Waals surface area contributed by atoms with E-state index in [-0.39, 0.29) is 16.6 Å². The minimum absolute atomic E-state index is 0.0540. The van der Waals surface area contributed by atoms with E-state index < -0.39 is 10.0 Å². The van der Waals surface area contributed by atoms with E-state index >= 15 is 0 Å². The van der Waals surface area contributed by atoms with Crippen LogP contribution in [0.5, 0.6) is 0 Å². The molecule has 0 aliphatic rings. The minimum atomic E-state index is -3.57. The molecule has 2 heterocycles. The Balaban J connectivity index is 1.75. The van der Waals surface area contributed by atoms with Crippen molar-refractivity contribution in [1.29, 1.82) is 0 Å². The topological polar surface area (TPSA) is 72.0 Å². The van der Waals surface area contributed by atoms with Gasteiger partial charge in [-0.1, -0.05) is 6.92 Å². The maximum atomic E-state index is 13.0. The van der Waals surface area contributed by atoms with Gasteiger partial charge in [-0.15, -0.1) is 11.3 Å². The first-order valence-corrected chi connectivity index (χ1v) is 9.93. The third-order valence-electron chi connectivity index (χ3n) is 3.56. The van der Waals surface area contributed by atoms with Gasteiger partial charge in [-0.3, -0.25) is 0 Å². The lowest BCUT2D eigenvalue weighted by atomic mass is 10.1. The Hall–Kier alpha value is -2.16. The van der Waals surface area contributed by atoms with Gasteiger partial charge in [0.2, 0.25) is 10.0 Å². The summed E-state index contributed by atoms with van der Waals surface area (Å²) in [5, 5.41) is 0. The SMILES string of the molecule is CCc1ccc(S(=O)(=O)NCc2cc(-c3ccc(F)cc3)ncn2)s1. The van der Waals surface area contributed by atoms with E-state index in [2.05, 4.69) is 14.7 Å². The molecule has 130 valence electrons. The zero-order valence-corrected chi connectivity index (χ0v) is 15.1. The van der Waals surface area contributed by atoms with Gasteiger partial charge < -0.3 is 0 Å². The fraction of sp³-hybridized carbons (Fsp3) is 0.176. The van der Waals surface area contributed by atoms with Crippen LogP contribution in [0.15, 0.2) is 53.0 Å². The van der Waals surface area contributed by atoms with Crippen LogP contribution in [-0.4, -0.2) is 18.4 Å². The number of aromatic nitrogens is 2. The van der Waals surface area contributed by atoms with E-state index in [1.165, 1.54) is 29.8 Å². The molecular weight excluding hydrogens is 361 g/mol. The van der Waals surface area contributed by atoms with Crippen LogP contribution in [0.2, 0.25) is 0 Å². The van der Waals surface area contributed by atoms with Gasteiger partial charge in [0, 0.05) is 10.4 Å². The van der Waals surface area contributed by atoms with Crippen molar-refractivity contribution >= 4 is 21.4 Å². The van der Waals surface area contributed by atoms with Crippen molar-refractivity contribution in [1.82, 2.24) is 14.7 Å². The lowest BCUT2D eigenvalue weighted by Crippen LogP contribution is -2.23. The molecule has 0 amide bonds. The van der Waals surface area contributed by atoms with Crippen molar-refractivity contribution in [3.05, 3.63) is 65.2 Å². The van der Waals surface area contributed by atoms with Crippen LogP contribution in [0.25, 0.3) is 11.3 Å². The number of hydrogen-bond donors (Lipinski definition) is 1. The second-order valence-corrected chi connectivity index (χ2v) is 8.46. The molecule has 0 fully saturated rings. The van der Waals surface area contributed by atoms with Crippen LogP contribution in [0, 0.1) is 5.82 Å². The molecule has 0 saturated heterocycles. The number of aryl methyl sites for hydroxylation is 1. The minimum Gasteiger partial charge on any atom is -0.240 e. The van der Waals surface area contributed by atoms with Gasteiger partial charge in [0.15, 0.2) is 0 Å². The third kappa shape index (κ3) is 4.28. The smallest absolute Gasteiger partial charge is 0.240 e. The number of benzene rings is 1. The summed E-state index contributed by atoms with van der Waals surface area (Å²) in [5.74, 6) is -0.326.